The lowest BCUT2D eigenvalue weighted by molar-refractivity contribution is -0.111. The largest absolute Gasteiger partial charge is 0.493 e. The molecule has 0 saturated carbocycles. The molecule has 1 amide bonds. The van der Waals surface area contributed by atoms with Crippen LogP contribution in [0.4, 0.5) is 5.69 Å². The highest BCUT2D eigenvalue weighted by Gasteiger charge is 2.18. The lowest BCUT2D eigenvalue weighted by atomic mass is 9.98. The van der Waals surface area contributed by atoms with Crippen LogP contribution in [-0.4, -0.2) is 12.5 Å². The van der Waals surface area contributed by atoms with E-state index in [1.807, 2.05) is 58.9 Å². The Kier molecular flexibility index (Phi) is 5.94. The van der Waals surface area contributed by atoms with Crippen LogP contribution in [0.1, 0.15) is 36.3 Å². The van der Waals surface area contributed by atoms with E-state index in [2.05, 4.69) is 27.3 Å². The first-order chi connectivity index (χ1) is 13.3. The SMILES string of the molecule is CCOc1c(/C(C)=C/C(=O)Nc2ccc(Br)cc2)cc2c(C)c(C)oc2c1C. The number of carbonyl (C=O) groups is 1. The Balaban J connectivity index is 2.01. The summed E-state index contributed by atoms with van der Waals surface area (Å²) in [5.74, 6) is 1.47. The number of halogens is 1. The van der Waals surface area contributed by atoms with E-state index in [1.165, 1.54) is 0 Å². The van der Waals surface area contributed by atoms with E-state index >= 15 is 0 Å². The smallest absolute Gasteiger partial charge is 0.248 e. The number of ether oxygens (including phenoxy) is 1. The average Bonchev–Trinajstić information content (AvgIpc) is 2.94. The molecule has 0 unspecified atom stereocenters. The zero-order chi connectivity index (χ0) is 20.4. The molecule has 0 aliphatic carbocycles. The standard InChI is InChI=1S/C23H24BrNO3/c1-6-27-22-15(4)23-20(14(3)16(5)28-23)12-19(22)13(2)11-21(26)25-18-9-7-17(24)8-10-18/h7-12H,6H2,1-5H3,(H,25,26)/b13-11+. The number of hydrogen-bond acceptors (Lipinski definition) is 3. The first-order valence-corrected chi connectivity index (χ1v) is 10.0. The third kappa shape index (κ3) is 3.99. The number of allylic oxidation sites excluding steroid dienone is 1. The molecule has 0 bridgehead atoms. The van der Waals surface area contributed by atoms with Crippen LogP contribution in [0.15, 0.2) is 45.3 Å². The molecule has 0 saturated heterocycles. The third-order valence-electron chi connectivity index (χ3n) is 4.82. The maximum absolute atomic E-state index is 12.5. The first-order valence-electron chi connectivity index (χ1n) is 9.23. The Bertz CT molecular complexity index is 1060. The number of benzene rings is 2. The summed E-state index contributed by atoms with van der Waals surface area (Å²) >= 11 is 3.39. The van der Waals surface area contributed by atoms with Crippen molar-refractivity contribution in [2.24, 2.45) is 0 Å². The summed E-state index contributed by atoms with van der Waals surface area (Å²) < 4.78 is 12.8. The Morgan fingerprint density at radius 1 is 1.18 bits per heavy atom. The molecule has 2 aromatic carbocycles. The molecule has 1 heterocycles. The van der Waals surface area contributed by atoms with Crippen molar-refractivity contribution in [3.63, 3.8) is 0 Å². The maximum atomic E-state index is 12.5. The molecule has 3 aromatic rings. The number of amides is 1. The van der Waals surface area contributed by atoms with E-state index in [9.17, 15) is 4.79 Å². The maximum Gasteiger partial charge on any atom is 0.248 e. The fraction of sp³-hybridized carbons (Fsp3) is 0.261. The van der Waals surface area contributed by atoms with Gasteiger partial charge in [0.1, 0.15) is 17.1 Å². The van der Waals surface area contributed by atoms with Gasteiger partial charge in [0.05, 0.1) is 6.61 Å². The van der Waals surface area contributed by atoms with Gasteiger partial charge in [-0.15, -0.1) is 0 Å². The second-order valence-electron chi connectivity index (χ2n) is 6.79. The van der Waals surface area contributed by atoms with Gasteiger partial charge < -0.3 is 14.5 Å². The van der Waals surface area contributed by atoms with Gasteiger partial charge in [-0.25, -0.2) is 0 Å². The molecule has 5 heteroatoms. The number of hydrogen-bond donors (Lipinski definition) is 1. The number of nitrogens with one attached hydrogen (secondary N) is 1. The molecule has 0 spiro atoms. The van der Waals surface area contributed by atoms with Gasteiger partial charge in [0, 0.05) is 32.7 Å². The Morgan fingerprint density at radius 3 is 2.50 bits per heavy atom. The summed E-state index contributed by atoms with van der Waals surface area (Å²) in [4.78, 5) is 12.5. The second kappa shape index (κ2) is 8.23. The molecule has 0 radical (unpaired) electrons. The monoisotopic (exact) mass is 441 g/mol. The van der Waals surface area contributed by atoms with Crippen molar-refractivity contribution in [3.05, 3.63) is 63.3 Å². The van der Waals surface area contributed by atoms with Gasteiger partial charge in [-0.05, 0) is 76.1 Å². The fourth-order valence-electron chi connectivity index (χ4n) is 3.22. The second-order valence-corrected chi connectivity index (χ2v) is 7.71. The quantitative estimate of drug-likeness (QED) is 0.455. The van der Waals surface area contributed by atoms with Crippen LogP contribution in [0.2, 0.25) is 0 Å². The van der Waals surface area contributed by atoms with Gasteiger partial charge in [0.25, 0.3) is 0 Å². The lowest BCUT2D eigenvalue weighted by Gasteiger charge is -2.14. The minimum atomic E-state index is -0.180. The molecular weight excluding hydrogens is 418 g/mol. The summed E-state index contributed by atoms with van der Waals surface area (Å²) in [6.07, 6.45) is 1.60. The van der Waals surface area contributed by atoms with Crippen LogP contribution < -0.4 is 10.1 Å². The van der Waals surface area contributed by atoms with Crippen molar-refractivity contribution >= 4 is 44.1 Å². The highest BCUT2D eigenvalue weighted by molar-refractivity contribution is 9.10. The van der Waals surface area contributed by atoms with Crippen molar-refractivity contribution in [1.82, 2.24) is 0 Å². The van der Waals surface area contributed by atoms with Gasteiger partial charge in [0.15, 0.2) is 0 Å². The number of rotatable bonds is 5. The van der Waals surface area contributed by atoms with E-state index in [1.54, 1.807) is 6.08 Å². The van der Waals surface area contributed by atoms with Crippen LogP contribution in [0, 0.1) is 20.8 Å². The Hall–Kier alpha value is -2.53. The summed E-state index contributed by atoms with van der Waals surface area (Å²) in [6, 6.07) is 9.54. The number of aryl methyl sites for hydroxylation is 3. The van der Waals surface area contributed by atoms with Gasteiger partial charge in [0.2, 0.25) is 5.91 Å². The summed E-state index contributed by atoms with van der Waals surface area (Å²) in [7, 11) is 0. The summed E-state index contributed by atoms with van der Waals surface area (Å²) in [5, 5.41) is 3.94. The molecule has 0 aliphatic rings. The minimum absolute atomic E-state index is 0.180. The van der Waals surface area contributed by atoms with E-state index in [0.29, 0.717) is 6.61 Å². The number of anilines is 1. The molecule has 146 valence electrons. The van der Waals surface area contributed by atoms with Crippen molar-refractivity contribution in [3.8, 4) is 5.75 Å². The van der Waals surface area contributed by atoms with Crippen molar-refractivity contribution in [2.45, 2.75) is 34.6 Å². The van der Waals surface area contributed by atoms with Gasteiger partial charge in [-0.2, -0.15) is 0 Å². The normalized spacial score (nSPS) is 11.7. The Labute approximate surface area is 173 Å². The molecule has 1 aromatic heterocycles. The molecule has 4 nitrogen and oxygen atoms in total. The van der Waals surface area contributed by atoms with Gasteiger partial charge in [-0.1, -0.05) is 15.9 Å². The predicted octanol–water partition coefficient (Wildman–Crippen LogP) is 6.56. The molecule has 1 N–H and O–H groups in total. The van der Waals surface area contributed by atoms with E-state index in [4.69, 9.17) is 9.15 Å². The van der Waals surface area contributed by atoms with E-state index in [0.717, 1.165) is 54.9 Å². The van der Waals surface area contributed by atoms with Crippen LogP contribution >= 0.6 is 15.9 Å². The minimum Gasteiger partial charge on any atom is -0.493 e. The molecular formula is C23H24BrNO3. The summed E-state index contributed by atoms with van der Waals surface area (Å²) in [5.41, 5.74) is 5.38. The summed E-state index contributed by atoms with van der Waals surface area (Å²) in [6.45, 7) is 10.4. The van der Waals surface area contributed by atoms with Crippen LogP contribution in [0.3, 0.4) is 0 Å². The predicted molar refractivity (Wildman–Crippen MR) is 118 cm³/mol. The van der Waals surface area contributed by atoms with E-state index in [-0.39, 0.29) is 5.91 Å². The zero-order valence-corrected chi connectivity index (χ0v) is 18.4. The van der Waals surface area contributed by atoms with Crippen LogP contribution in [0.5, 0.6) is 5.75 Å². The lowest BCUT2D eigenvalue weighted by Crippen LogP contribution is -2.08. The highest BCUT2D eigenvalue weighted by atomic mass is 79.9. The van der Waals surface area contributed by atoms with Crippen LogP contribution in [-0.2, 0) is 4.79 Å². The number of carbonyl (C=O) groups excluding carboxylic acids is 1. The van der Waals surface area contributed by atoms with Crippen LogP contribution in [0.25, 0.3) is 16.5 Å². The van der Waals surface area contributed by atoms with Crippen molar-refractivity contribution < 1.29 is 13.9 Å². The highest BCUT2D eigenvalue weighted by Crippen LogP contribution is 2.38. The molecule has 28 heavy (non-hydrogen) atoms. The van der Waals surface area contributed by atoms with Crippen molar-refractivity contribution in [1.29, 1.82) is 0 Å². The molecule has 0 fully saturated rings. The molecule has 0 aliphatic heterocycles. The van der Waals surface area contributed by atoms with E-state index < -0.39 is 0 Å². The van der Waals surface area contributed by atoms with Gasteiger partial charge >= 0.3 is 0 Å². The Morgan fingerprint density at radius 2 is 1.86 bits per heavy atom. The first kappa shape index (κ1) is 20.2. The fourth-order valence-corrected chi connectivity index (χ4v) is 3.49. The van der Waals surface area contributed by atoms with Crippen molar-refractivity contribution in [2.75, 3.05) is 11.9 Å². The molecule has 0 atom stereocenters. The van der Waals surface area contributed by atoms with Gasteiger partial charge in [-0.3, -0.25) is 4.79 Å². The number of fused-ring (bicyclic) bond motifs is 1. The average molecular weight is 442 g/mol. The number of furan rings is 1. The zero-order valence-electron chi connectivity index (χ0n) is 16.8. The topological polar surface area (TPSA) is 51.5 Å². The third-order valence-corrected chi connectivity index (χ3v) is 5.35. The molecule has 3 rings (SSSR count).